The minimum absolute atomic E-state index is 0.752. The minimum Gasteiger partial charge on any atom is -0.493 e. The van der Waals surface area contributed by atoms with Crippen LogP contribution >= 0.6 is 0 Å². The monoisotopic (exact) mass is 349 g/mol. The van der Waals surface area contributed by atoms with Gasteiger partial charge in [-0.2, -0.15) is 0 Å². The molecule has 0 amide bonds. The zero-order valence-corrected chi connectivity index (χ0v) is 16.6. The molecule has 0 spiro atoms. The Morgan fingerprint density at radius 3 is 2.65 bits per heavy atom. The summed E-state index contributed by atoms with van der Waals surface area (Å²) in [5.74, 6) is 0.952. The normalized spacial score (nSPS) is 11.1. The van der Waals surface area contributed by atoms with Gasteiger partial charge < -0.3 is 4.74 Å². The molecule has 0 aliphatic carbocycles. The van der Waals surface area contributed by atoms with E-state index in [0.29, 0.717) is 0 Å². The zero-order valence-electron chi connectivity index (χ0n) is 16.6. The molecule has 138 valence electrons. The summed E-state index contributed by atoms with van der Waals surface area (Å²) in [5.41, 5.74) is 6.92. The SMILES string of the molecule is C=C(Cc1cccc(C)c1)c1cc(CC)c(OCCCC)cc1/N=C\C. The number of unbranched alkanes of at least 4 members (excludes halogenated alkanes) is 1. The van der Waals surface area contributed by atoms with E-state index in [1.165, 1.54) is 16.7 Å². The minimum atomic E-state index is 0.752. The Hall–Kier alpha value is -2.35. The first kappa shape index (κ1) is 20.0. The molecule has 0 saturated carbocycles. The van der Waals surface area contributed by atoms with Gasteiger partial charge in [-0.15, -0.1) is 0 Å². The molecular formula is C24H31NO. The van der Waals surface area contributed by atoms with Crippen LogP contribution < -0.4 is 4.74 Å². The third-order valence-corrected chi connectivity index (χ3v) is 4.46. The predicted molar refractivity (Wildman–Crippen MR) is 114 cm³/mol. The average Bonchev–Trinajstić information content (AvgIpc) is 2.62. The van der Waals surface area contributed by atoms with Gasteiger partial charge in [-0.1, -0.05) is 56.7 Å². The summed E-state index contributed by atoms with van der Waals surface area (Å²) in [7, 11) is 0. The first-order valence-corrected chi connectivity index (χ1v) is 9.61. The lowest BCUT2D eigenvalue weighted by Crippen LogP contribution is -2.01. The van der Waals surface area contributed by atoms with Crippen LogP contribution in [0, 0.1) is 6.92 Å². The van der Waals surface area contributed by atoms with Gasteiger partial charge in [0.15, 0.2) is 0 Å². The molecule has 0 radical (unpaired) electrons. The second kappa shape index (κ2) is 9.96. The van der Waals surface area contributed by atoms with Crippen molar-refractivity contribution >= 4 is 17.5 Å². The van der Waals surface area contributed by atoms with Crippen LogP contribution in [0.2, 0.25) is 0 Å². The van der Waals surface area contributed by atoms with E-state index < -0.39 is 0 Å². The fourth-order valence-electron chi connectivity index (χ4n) is 3.04. The van der Waals surface area contributed by atoms with Crippen molar-refractivity contribution in [3.63, 3.8) is 0 Å². The van der Waals surface area contributed by atoms with Gasteiger partial charge in [-0.3, -0.25) is 4.99 Å². The van der Waals surface area contributed by atoms with Crippen molar-refractivity contribution in [2.45, 2.75) is 53.4 Å². The van der Waals surface area contributed by atoms with Crippen LogP contribution in [0.15, 0.2) is 48.0 Å². The predicted octanol–water partition coefficient (Wildman–Crippen LogP) is 6.71. The van der Waals surface area contributed by atoms with E-state index in [4.69, 9.17) is 4.74 Å². The first-order valence-electron chi connectivity index (χ1n) is 9.61. The second-order valence-corrected chi connectivity index (χ2v) is 6.69. The molecule has 2 heteroatoms. The van der Waals surface area contributed by atoms with Crippen molar-refractivity contribution in [1.29, 1.82) is 0 Å². The van der Waals surface area contributed by atoms with Gasteiger partial charge >= 0.3 is 0 Å². The summed E-state index contributed by atoms with van der Waals surface area (Å²) in [6, 6.07) is 12.9. The molecule has 0 aromatic heterocycles. The van der Waals surface area contributed by atoms with E-state index in [-0.39, 0.29) is 0 Å². The van der Waals surface area contributed by atoms with Crippen LogP contribution in [0.4, 0.5) is 5.69 Å². The van der Waals surface area contributed by atoms with Crippen molar-refractivity contribution in [1.82, 2.24) is 0 Å². The number of rotatable bonds is 9. The highest BCUT2D eigenvalue weighted by Gasteiger charge is 2.13. The van der Waals surface area contributed by atoms with Gasteiger partial charge in [0.05, 0.1) is 12.3 Å². The van der Waals surface area contributed by atoms with Gasteiger partial charge in [0, 0.05) is 17.8 Å². The maximum atomic E-state index is 6.02. The number of hydrogen-bond donors (Lipinski definition) is 0. The molecule has 26 heavy (non-hydrogen) atoms. The average molecular weight is 350 g/mol. The number of allylic oxidation sites excluding steroid dienone is 1. The molecule has 0 N–H and O–H groups in total. The number of benzene rings is 2. The number of ether oxygens (including phenoxy) is 1. The van der Waals surface area contributed by atoms with Crippen molar-refractivity contribution in [2.75, 3.05) is 6.61 Å². The lowest BCUT2D eigenvalue weighted by Gasteiger charge is -2.16. The Bertz CT molecular complexity index is 774. The van der Waals surface area contributed by atoms with Gasteiger partial charge in [0.25, 0.3) is 0 Å². The van der Waals surface area contributed by atoms with Crippen molar-refractivity contribution in [3.05, 3.63) is 65.2 Å². The van der Waals surface area contributed by atoms with Crippen LogP contribution in [-0.2, 0) is 12.8 Å². The van der Waals surface area contributed by atoms with E-state index in [0.717, 1.165) is 54.9 Å². The number of nitrogens with zero attached hydrogens (tertiary/aromatic N) is 1. The lowest BCUT2D eigenvalue weighted by molar-refractivity contribution is 0.306. The summed E-state index contributed by atoms with van der Waals surface area (Å²) in [6.07, 6.45) is 5.79. The summed E-state index contributed by atoms with van der Waals surface area (Å²) in [5, 5.41) is 0. The number of hydrogen-bond acceptors (Lipinski definition) is 2. The van der Waals surface area contributed by atoms with E-state index in [1.807, 2.05) is 13.1 Å². The molecule has 2 aromatic carbocycles. The fourth-order valence-corrected chi connectivity index (χ4v) is 3.04. The third-order valence-electron chi connectivity index (χ3n) is 4.46. The number of aliphatic imine (C=N–C) groups is 1. The molecule has 0 fully saturated rings. The van der Waals surface area contributed by atoms with E-state index in [2.05, 4.69) is 68.7 Å². The molecule has 0 heterocycles. The zero-order chi connectivity index (χ0) is 18.9. The Labute approximate surface area is 158 Å². The summed E-state index contributed by atoms with van der Waals surface area (Å²) in [6.45, 7) is 13.5. The maximum absolute atomic E-state index is 6.02. The quantitative estimate of drug-likeness (QED) is 0.364. The van der Waals surface area contributed by atoms with Gasteiger partial charge in [0.1, 0.15) is 5.75 Å². The van der Waals surface area contributed by atoms with Gasteiger partial charge in [-0.25, -0.2) is 0 Å². The van der Waals surface area contributed by atoms with Gasteiger partial charge in [0.2, 0.25) is 0 Å². The highest BCUT2D eigenvalue weighted by molar-refractivity contribution is 5.79. The van der Waals surface area contributed by atoms with E-state index in [1.54, 1.807) is 0 Å². The second-order valence-electron chi connectivity index (χ2n) is 6.69. The van der Waals surface area contributed by atoms with Crippen molar-refractivity contribution < 1.29 is 4.74 Å². The topological polar surface area (TPSA) is 21.6 Å². The molecule has 0 aliphatic heterocycles. The van der Waals surface area contributed by atoms with Crippen LogP contribution in [0.3, 0.4) is 0 Å². The molecule has 0 atom stereocenters. The molecular weight excluding hydrogens is 318 g/mol. The van der Waals surface area contributed by atoms with Crippen LogP contribution in [-0.4, -0.2) is 12.8 Å². The van der Waals surface area contributed by atoms with Crippen molar-refractivity contribution in [2.24, 2.45) is 4.99 Å². The maximum Gasteiger partial charge on any atom is 0.124 e. The molecule has 2 rings (SSSR count). The third kappa shape index (κ3) is 5.32. The molecule has 0 aliphatic rings. The van der Waals surface area contributed by atoms with Crippen LogP contribution in [0.1, 0.15) is 55.9 Å². The summed E-state index contributed by atoms with van der Waals surface area (Å²) >= 11 is 0. The lowest BCUT2D eigenvalue weighted by atomic mass is 9.95. The Kier molecular flexibility index (Phi) is 7.65. The number of aryl methyl sites for hydroxylation is 2. The molecule has 0 saturated heterocycles. The van der Waals surface area contributed by atoms with E-state index >= 15 is 0 Å². The smallest absolute Gasteiger partial charge is 0.124 e. The standard InChI is InChI=1S/C24H31NO/c1-6-9-13-26-24-17-23(25-8-3)22(16-21(24)7-2)19(5)15-20-12-10-11-18(4)14-20/h8,10-12,14,16-17H,5-7,9,13,15H2,1-4H3/b25-8-. The molecule has 2 nitrogen and oxygen atoms in total. The highest BCUT2D eigenvalue weighted by Crippen LogP contribution is 2.35. The Balaban J connectivity index is 2.34. The Morgan fingerprint density at radius 2 is 2.00 bits per heavy atom. The highest BCUT2D eigenvalue weighted by atomic mass is 16.5. The van der Waals surface area contributed by atoms with Crippen molar-refractivity contribution in [3.8, 4) is 5.75 Å². The molecule has 0 unspecified atom stereocenters. The van der Waals surface area contributed by atoms with Crippen LogP contribution in [0.25, 0.3) is 5.57 Å². The largest absolute Gasteiger partial charge is 0.493 e. The molecule has 2 aromatic rings. The fraction of sp³-hybridized carbons (Fsp3) is 0.375. The summed E-state index contributed by atoms with van der Waals surface area (Å²) in [4.78, 5) is 4.59. The van der Waals surface area contributed by atoms with Gasteiger partial charge in [-0.05, 0) is 55.9 Å². The Morgan fingerprint density at radius 1 is 1.19 bits per heavy atom. The summed E-state index contributed by atoms with van der Waals surface area (Å²) < 4.78 is 6.02. The van der Waals surface area contributed by atoms with Crippen LogP contribution in [0.5, 0.6) is 5.75 Å². The van der Waals surface area contributed by atoms with E-state index in [9.17, 15) is 0 Å². The molecule has 0 bridgehead atoms. The first-order chi connectivity index (χ1) is 12.6.